The van der Waals surface area contributed by atoms with E-state index in [4.69, 9.17) is 0 Å². The number of carbonyl (C=O) groups is 3. The van der Waals surface area contributed by atoms with E-state index in [2.05, 4.69) is 15.6 Å². The van der Waals surface area contributed by atoms with Crippen LogP contribution in [0.3, 0.4) is 0 Å². The van der Waals surface area contributed by atoms with Crippen LogP contribution in [0, 0.1) is 6.92 Å². The summed E-state index contributed by atoms with van der Waals surface area (Å²) in [4.78, 5) is 45.3. The van der Waals surface area contributed by atoms with Crippen molar-refractivity contribution < 1.29 is 14.4 Å². The number of rotatable bonds is 7. The number of likely N-dealkylation sites (N-methyl/N-ethyl adjacent to an activating group) is 1. The molecule has 1 aromatic carbocycles. The second-order valence-corrected chi connectivity index (χ2v) is 9.34. The zero-order valence-electron chi connectivity index (χ0n) is 19.7. The summed E-state index contributed by atoms with van der Waals surface area (Å²) in [6.07, 6.45) is 6.38. The van der Waals surface area contributed by atoms with Crippen molar-refractivity contribution in [3.05, 3.63) is 53.1 Å². The van der Waals surface area contributed by atoms with E-state index >= 15 is 0 Å². The minimum atomic E-state index is -1.03. The summed E-state index contributed by atoms with van der Waals surface area (Å²) in [7, 11) is 0. The minimum absolute atomic E-state index is 0.112. The Morgan fingerprint density at radius 1 is 1.18 bits per heavy atom. The van der Waals surface area contributed by atoms with E-state index in [1.54, 1.807) is 16.4 Å². The van der Waals surface area contributed by atoms with Crippen LogP contribution in [0.2, 0.25) is 0 Å². The van der Waals surface area contributed by atoms with Gasteiger partial charge in [0.1, 0.15) is 11.2 Å². The van der Waals surface area contributed by atoms with Crippen LogP contribution in [0.25, 0.3) is 0 Å². The summed E-state index contributed by atoms with van der Waals surface area (Å²) in [6, 6.07) is 8.34. The number of aromatic nitrogens is 2. The molecule has 1 aliphatic heterocycles. The molecule has 1 aromatic heterocycles. The van der Waals surface area contributed by atoms with Crippen molar-refractivity contribution in [3.63, 3.8) is 0 Å². The Balaban J connectivity index is 1.48. The molecule has 1 saturated carbocycles. The number of carbonyl (C=O) groups excluding carboxylic acids is 3. The highest BCUT2D eigenvalue weighted by molar-refractivity contribution is 6.07. The highest BCUT2D eigenvalue weighted by Crippen LogP contribution is 2.29. The number of amides is 3. The first-order chi connectivity index (χ1) is 15.8. The van der Waals surface area contributed by atoms with Gasteiger partial charge in [-0.3, -0.25) is 14.4 Å². The van der Waals surface area contributed by atoms with Gasteiger partial charge in [0, 0.05) is 19.1 Å². The maximum Gasteiger partial charge on any atom is 0.273 e. The van der Waals surface area contributed by atoms with Gasteiger partial charge in [0.05, 0.1) is 12.9 Å². The summed E-state index contributed by atoms with van der Waals surface area (Å²) < 4.78 is 1.65. The molecule has 1 atom stereocenters. The number of benzene rings is 1. The fourth-order valence-electron chi connectivity index (χ4n) is 4.92. The molecule has 1 fully saturated rings. The van der Waals surface area contributed by atoms with Gasteiger partial charge in [0.25, 0.3) is 11.8 Å². The summed E-state index contributed by atoms with van der Waals surface area (Å²) in [5.41, 5.74) is 1.65. The van der Waals surface area contributed by atoms with Crippen LogP contribution in [0.5, 0.6) is 0 Å². The van der Waals surface area contributed by atoms with Crippen molar-refractivity contribution in [2.24, 2.45) is 0 Å². The van der Waals surface area contributed by atoms with Gasteiger partial charge in [0.2, 0.25) is 5.91 Å². The lowest BCUT2D eigenvalue weighted by atomic mass is 9.94. The Hall–Kier alpha value is -3.16. The Morgan fingerprint density at radius 3 is 2.55 bits per heavy atom. The van der Waals surface area contributed by atoms with Gasteiger partial charge in [-0.1, -0.05) is 42.7 Å². The average Bonchev–Trinajstić information content (AvgIpc) is 3.45. The normalized spacial score (nSPS) is 20.6. The van der Waals surface area contributed by atoms with Crippen LogP contribution in [-0.2, 0) is 17.8 Å². The number of nitrogens with one attached hydrogen (secondary N) is 2. The molecule has 2 aromatic rings. The predicted molar refractivity (Wildman–Crippen MR) is 125 cm³/mol. The molecule has 33 heavy (non-hydrogen) atoms. The van der Waals surface area contributed by atoms with Gasteiger partial charge in [-0.25, -0.2) is 4.98 Å². The van der Waals surface area contributed by atoms with Crippen molar-refractivity contribution in [3.8, 4) is 0 Å². The first kappa shape index (κ1) is 23.0. The SMILES string of the molecule is CCN1C(=O)c2c(C(=O)NCCc3ccc(C)cc3)ncn2C[C@@]1(C)C(=O)NC1CCCC1. The Kier molecular flexibility index (Phi) is 6.54. The maximum absolute atomic E-state index is 13.4. The molecular weight excluding hydrogens is 418 g/mol. The third kappa shape index (κ3) is 4.51. The second kappa shape index (κ2) is 9.37. The molecule has 2 aliphatic rings. The monoisotopic (exact) mass is 451 g/mol. The fraction of sp³-hybridized carbons (Fsp3) is 0.520. The highest BCUT2D eigenvalue weighted by Gasteiger charge is 2.48. The minimum Gasteiger partial charge on any atom is -0.351 e. The van der Waals surface area contributed by atoms with Crippen molar-refractivity contribution >= 4 is 17.7 Å². The molecular formula is C25H33N5O3. The number of nitrogens with zero attached hydrogens (tertiary/aromatic N) is 3. The van der Waals surface area contributed by atoms with Gasteiger partial charge < -0.3 is 20.1 Å². The molecule has 0 unspecified atom stereocenters. The van der Waals surface area contributed by atoms with E-state index in [9.17, 15) is 14.4 Å². The molecule has 8 nitrogen and oxygen atoms in total. The number of hydrogen-bond acceptors (Lipinski definition) is 4. The molecule has 0 saturated heterocycles. The quantitative estimate of drug-likeness (QED) is 0.676. The smallest absolute Gasteiger partial charge is 0.273 e. The summed E-state index contributed by atoms with van der Waals surface area (Å²) >= 11 is 0. The highest BCUT2D eigenvalue weighted by atomic mass is 16.2. The van der Waals surface area contributed by atoms with Crippen LogP contribution in [0.4, 0.5) is 0 Å². The van der Waals surface area contributed by atoms with Crippen LogP contribution in [0.1, 0.15) is 71.6 Å². The van der Waals surface area contributed by atoms with Crippen molar-refractivity contribution in [1.29, 1.82) is 0 Å². The molecule has 0 spiro atoms. The topological polar surface area (TPSA) is 96.3 Å². The zero-order chi connectivity index (χ0) is 23.6. The Morgan fingerprint density at radius 2 is 1.88 bits per heavy atom. The molecule has 0 bridgehead atoms. The molecule has 4 rings (SSSR count). The largest absolute Gasteiger partial charge is 0.351 e. The van der Waals surface area contributed by atoms with E-state index in [1.807, 2.05) is 38.1 Å². The lowest BCUT2D eigenvalue weighted by Gasteiger charge is -2.43. The van der Waals surface area contributed by atoms with Crippen molar-refractivity contribution in [1.82, 2.24) is 25.1 Å². The van der Waals surface area contributed by atoms with Crippen LogP contribution in [-0.4, -0.2) is 56.8 Å². The maximum atomic E-state index is 13.4. The van der Waals surface area contributed by atoms with E-state index in [1.165, 1.54) is 11.9 Å². The Bertz CT molecular complexity index is 1040. The number of aryl methyl sites for hydroxylation is 1. The van der Waals surface area contributed by atoms with E-state index in [-0.39, 0.29) is 41.7 Å². The van der Waals surface area contributed by atoms with Gasteiger partial charge >= 0.3 is 0 Å². The average molecular weight is 452 g/mol. The molecule has 176 valence electrons. The van der Waals surface area contributed by atoms with Crippen LogP contribution in [0.15, 0.2) is 30.6 Å². The van der Waals surface area contributed by atoms with Gasteiger partial charge in [-0.2, -0.15) is 0 Å². The van der Waals surface area contributed by atoms with Gasteiger partial charge in [0.15, 0.2) is 5.69 Å². The Labute approximate surface area is 194 Å². The van der Waals surface area contributed by atoms with Crippen LogP contribution >= 0.6 is 0 Å². The van der Waals surface area contributed by atoms with Gasteiger partial charge in [-0.05, 0) is 45.6 Å². The van der Waals surface area contributed by atoms with E-state index < -0.39 is 5.54 Å². The van der Waals surface area contributed by atoms with E-state index in [0.717, 1.165) is 31.2 Å². The zero-order valence-corrected chi connectivity index (χ0v) is 19.7. The predicted octanol–water partition coefficient (Wildman–Crippen LogP) is 2.46. The summed E-state index contributed by atoms with van der Waals surface area (Å²) in [6.45, 7) is 6.77. The van der Waals surface area contributed by atoms with Gasteiger partial charge in [-0.15, -0.1) is 0 Å². The number of fused-ring (bicyclic) bond motifs is 1. The van der Waals surface area contributed by atoms with Crippen LogP contribution < -0.4 is 10.6 Å². The van der Waals surface area contributed by atoms with E-state index in [0.29, 0.717) is 19.5 Å². The summed E-state index contributed by atoms with van der Waals surface area (Å²) in [5, 5.41) is 6.01. The van der Waals surface area contributed by atoms with Crippen molar-refractivity contribution in [2.75, 3.05) is 13.1 Å². The third-order valence-electron chi connectivity index (χ3n) is 6.89. The molecule has 1 aliphatic carbocycles. The third-order valence-corrected chi connectivity index (χ3v) is 6.89. The first-order valence-electron chi connectivity index (χ1n) is 11.8. The van der Waals surface area contributed by atoms with Crippen molar-refractivity contribution in [2.45, 2.75) is 71.0 Å². The second-order valence-electron chi connectivity index (χ2n) is 9.34. The number of imidazole rings is 1. The first-order valence-corrected chi connectivity index (χ1v) is 11.8. The molecule has 2 heterocycles. The molecule has 8 heteroatoms. The molecule has 3 amide bonds. The fourth-order valence-corrected chi connectivity index (χ4v) is 4.92. The number of hydrogen-bond donors (Lipinski definition) is 2. The summed E-state index contributed by atoms with van der Waals surface area (Å²) in [5.74, 6) is -0.860. The lowest BCUT2D eigenvalue weighted by Crippen LogP contribution is -2.64. The lowest BCUT2D eigenvalue weighted by molar-refractivity contribution is -0.133. The molecule has 2 N–H and O–H groups in total. The standard InChI is InChI=1S/C25H33N5O3/c1-4-30-23(32)21-20(22(31)26-14-13-18-11-9-17(2)10-12-18)27-16-29(21)15-25(30,3)24(33)28-19-7-5-6-8-19/h9-12,16,19H,4-8,13-15H2,1-3H3,(H,26,31)(H,28,33)/t25-/m0/s1. The molecule has 0 radical (unpaired) electrons.